The molecule has 0 atom stereocenters. The van der Waals surface area contributed by atoms with E-state index in [-0.39, 0.29) is 17.9 Å². The summed E-state index contributed by atoms with van der Waals surface area (Å²) in [6.07, 6.45) is 0. The molecule has 0 saturated carbocycles. The molecule has 1 rings (SSSR count). The minimum atomic E-state index is -1.14. The van der Waals surface area contributed by atoms with Crippen LogP contribution in [-0.2, 0) is 0 Å². The first-order valence-electron chi connectivity index (χ1n) is 4.29. The highest BCUT2D eigenvalue weighted by molar-refractivity contribution is 5.91. The van der Waals surface area contributed by atoms with Crippen molar-refractivity contribution in [1.82, 2.24) is 0 Å². The lowest BCUT2D eigenvalue weighted by atomic mass is 10.2. The highest BCUT2D eigenvalue weighted by Crippen LogP contribution is 2.24. The van der Waals surface area contributed by atoms with Crippen LogP contribution in [0.25, 0.3) is 0 Å². The van der Waals surface area contributed by atoms with E-state index in [0.717, 1.165) is 0 Å². The lowest BCUT2D eigenvalue weighted by molar-refractivity contribution is 0.0691. The Kier molecular flexibility index (Phi) is 3.91. The largest absolute Gasteiger partial charge is 0.497 e. The summed E-state index contributed by atoms with van der Waals surface area (Å²) >= 11 is 0. The number of aromatic carboxylic acids is 1. The zero-order valence-corrected chi connectivity index (χ0v) is 8.20. The zero-order valence-electron chi connectivity index (χ0n) is 8.20. The van der Waals surface area contributed by atoms with Gasteiger partial charge >= 0.3 is 5.97 Å². The van der Waals surface area contributed by atoms with Gasteiger partial charge in [-0.25, -0.2) is 9.18 Å². The number of benzene rings is 1. The van der Waals surface area contributed by atoms with E-state index < -0.39 is 12.6 Å². The van der Waals surface area contributed by atoms with Crippen LogP contribution in [0, 0.1) is 0 Å². The Balaban J connectivity index is 2.98. The van der Waals surface area contributed by atoms with Gasteiger partial charge in [-0.3, -0.25) is 0 Å². The van der Waals surface area contributed by atoms with Gasteiger partial charge < -0.3 is 14.6 Å². The lowest BCUT2D eigenvalue weighted by Crippen LogP contribution is -2.05. The average molecular weight is 214 g/mol. The molecule has 0 fully saturated rings. The van der Waals surface area contributed by atoms with Crippen LogP contribution in [0.3, 0.4) is 0 Å². The minimum Gasteiger partial charge on any atom is -0.497 e. The molecular weight excluding hydrogens is 203 g/mol. The van der Waals surface area contributed by atoms with Gasteiger partial charge in [0.2, 0.25) is 0 Å². The maximum absolute atomic E-state index is 11.9. The Labute approximate surface area is 86.2 Å². The molecule has 0 aliphatic rings. The predicted octanol–water partition coefficient (Wildman–Crippen LogP) is 1.74. The lowest BCUT2D eigenvalue weighted by Gasteiger charge is -2.08. The van der Waals surface area contributed by atoms with Gasteiger partial charge in [-0.05, 0) is 18.2 Å². The third-order valence-electron chi connectivity index (χ3n) is 1.75. The summed E-state index contributed by atoms with van der Waals surface area (Å²) in [6, 6.07) is 4.33. The summed E-state index contributed by atoms with van der Waals surface area (Å²) in [6.45, 7) is -0.822. The average Bonchev–Trinajstić information content (AvgIpc) is 2.26. The van der Waals surface area contributed by atoms with Gasteiger partial charge in [-0.2, -0.15) is 0 Å². The molecule has 0 bridgehead atoms. The SMILES string of the molecule is COc1ccc(OCCF)c(C(=O)O)c1. The Morgan fingerprint density at radius 1 is 1.53 bits per heavy atom. The fraction of sp³-hybridized carbons (Fsp3) is 0.300. The number of alkyl halides is 1. The molecule has 1 aromatic carbocycles. The number of hydrogen-bond acceptors (Lipinski definition) is 3. The molecule has 0 saturated heterocycles. The van der Waals surface area contributed by atoms with Crippen LogP contribution in [0.2, 0.25) is 0 Å². The van der Waals surface area contributed by atoms with Crippen LogP contribution >= 0.6 is 0 Å². The first kappa shape index (κ1) is 11.3. The monoisotopic (exact) mass is 214 g/mol. The van der Waals surface area contributed by atoms with E-state index in [9.17, 15) is 9.18 Å². The highest BCUT2D eigenvalue weighted by atomic mass is 19.1. The first-order chi connectivity index (χ1) is 7.19. The van der Waals surface area contributed by atoms with Crippen LogP contribution in [0.15, 0.2) is 18.2 Å². The third-order valence-corrected chi connectivity index (χ3v) is 1.75. The van der Waals surface area contributed by atoms with Gasteiger partial charge in [0.25, 0.3) is 0 Å². The van der Waals surface area contributed by atoms with E-state index in [1.807, 2.05) is 0 Å². The van der Waals surface area contributed by atoms with E-state index in [0.29, 0.717) is 5.75 Å². The molecule has 0 aliphatic carbocycles. The number of rotatable bonds is 5. The van der Waals surface area contributed by atoms with E-state index in [2.05, 4.69) is 0 Å². The van der Waals surface area contributed by atoms with E-state index in [4.69, 9.17) is 14.6 Å². The van der Waals surface area contributed by atoms with Gasteiger partial charge in [0.05, 0.1) is 7.11 Å². The zero-order chi connectivity index (χ0) is 11.3. The van der Waals surface area contributed by atoms with Crippen LogP contribution in [0.4, 0.5) is 4.39 Å². The normalized spacial score (nSPS) is 9.73. The first-order valence-corrected chi connectivity index (χ1v) is 4.29. The van der Waals surface area contributed by atoms with E-state index >= 15 is 0 Å². The molecule has 1 N–H and O–H groups in total. The Hall–Kier alpha value is -1.78. The fourth-order valence-electron chi connectivity index (χ4n) is 1.08. The number of halogens is 1. The molecule has 0 aromatic heterocycles. The van der Waals surface area contributed by atoms with Crippen molar-refractivity contribution in [3.63, 3.8) is 0 Å². The summed E-state index contributed by atoms with van der Waals surface area (Å²) in [5, 5.41) is 8.86. The molecule has 0 aliphatic heterocycles. The molecule has 1 aromatic rings. The third kappa shape index (κ3) is 2.83. The van der Waals surface area contributed by atoms with Crippen LogP contribution in [0.5, 0.6) is 11.5 Å². The summed E-state index contributed by atoms with van der Waals surface area (Å²) < 4.78 is 21.7. The number of carboxylic acid groups (broad SMARTS) is 1. The van der Waals surface area contributed by atoms with Crippen molar-refractivity contribution in [2.45, 2.75) is 0 Å². The number of carboxylic acids is 1. The number of methoxy groups -OCH3 is 1. The van der Waals surface area contributed by atoms with Crippen molar-refractivity contribution >= 4 is 5.97 Å². The molecule has 0 amide bonds. The van der Waals surface area contributed by atoms with Crippen molar-refractivity contribution in [2.75, 3.05) is 20.4 Å². The molecule has 82 valence electrons. The van der Waals surface area contributed by atoms with Crippen molar-refractivity contribution in [1.29, 1.82) is 0 Å². The fourth-order valence-corrected chi connectivity index (χ4v) is 1.08. The molecule has 4 nitrogen and oxygen atoms in total. The van der Waals surface area contributed by atoms with Gasteiger partial charge in [0.1, 0.15) is 30.3 Å². The maximum atomic E-state index is 11.9. The number of hydrogen-bond donors (Lipinski definition) is 1. The molecule has 0 spiro atoms. The maximum Gasteiger partial charge on any atom is 0.339 e. The minimum absolute atomic E-state index is 0.0391. The molecule has 0 heterocycles. The molecule has 0 radical (unpaired) electrons. The Morgan fingerprint density at radius 3 is 2.80 bits per heavy atom. The van der Waals surface area contributed by atoms with Crippen molar-refractivity contribution in [3.05, 3.63) is 23.8 Å². The smallest absolute Gasteiger partial charge is 0.339 e. The van der Waals surface area contributed by atoms with E-state index in [1.54, 1.807) is 6.07 Å². The standard InChI is InChI=1S/C10H11FO4/c1-14-7-2-3-9(15-5-4-11)8(6-7)10(12)13/h2-3,6H,4-5H2,1H3,(H,12,13). The molecular formula is C10H11FO4. The number of carbonyl (C=O) groups is 1. The molecule has 15 heavy (non-hydrogen) atoms. The second-order valence-electron chi connectivity index (χ2n) is 2.70. The quantitative estimate of drug-likeness (QED) is 0.811. The van der Waals surface area contributed by atoms with Crippen molar-refractivity contribution in [2.24, 2.45) is 0 Å². The van der Waals surface area contributed by atoms with E-state index in [1.165, 1.54) is 19.2 Å². The van der Waals surface area contributed by atoms with Crippen LogP contribution in [-0.4, -0.2) is 31.5 Å². The highest BCUT2D eigenvalue weighted by Gasteiger charge is 2.12. The molecule has 5 heteroatoms. The molecule has 0 unspecified atom stereocenters. The Bertz CT molecular complexity index is 351. The van der Waals surface area contributed by atoms with Crippen molar-refractivity contribution < 1.29 is 23.8 Å². The van der Waals surface area contributed by atoms with Gasteiger partial charge in [0.15, 0.2) is 0 Å². The topological polar surface area (TPSA) is 55.8 Å². The van der Waals surface area contributed by atoms with Crippen LogP contribution in [0.1, 0.15) is 10.4 Å². The van der Waals surface area contributed by atoms with Gasteiger partial charge in [-0.15, -0.1) is 0 Å². The Morgan fingerprint density at radius 2 is 2.27 bits per heavy atom. The van der Waals surface area contributed by atoms with Crippen LogP contribution < -0.4 is 9.47 Å². The van der Waals surface area contributed by atoms with Gasteiger partial charge in [0, 0.05) is 0 Å². The predicted molar refractivity (Wildman–Crippen MR) is 51.4 cm³/mol. The number of ether oxygens (including phenoxy) is 2. The summed E-state index contributed by atoms with van der Waals surface area (Å²) in [5.74, 6) is -0.580. The second kappa shape index (κ2) is 5.19. The second-order valence-corrected chi connectivity index (χ2v) is 2.70. The van der Waals surface area contributed by atoms with Crippen molar-refractivity contribution in [3.8, 4) is 11.5 Å². The summed E-state index contributed by atoms with van der Waals surface area (Å²) in [5.41, 5.74) is -0.0391. The van der Waals surface area contributed by atoms with Gasteiger partial charge in [-0.1, -0.05) is 0 Å². The summed E-state index contributed by atoms with van der Waals surface area (Å²) in [7, 11) is 1.43. The summed E-state index contributed by atoms with van der Waals surface area (Å²) in [4.78, 5) is 10.8.